The SMILES string of the molecule is Nc1ncc(-c2ccc(C(=O)N3CCC(N4CCCC4)CC3)cc2)cc1OCc1ccc(-c2csnn2)cc1. The van der Waals surface area contributed by atoms with Crippen LogP contribution in [0.1, 0.15) is 41.6 Å². The van der Waals surface area contributed by atoms with E-state index in [1.807, 2.05) is 64.9 Å². The number of benzene rings is 2. The lowest BCUT2D eigenvalue weighted by molar-refractivity contribution is 0.0644. The van der Waals surface area contributed by atoms with Gasteiger partial charge in [0.2, 0.25) is 0 Å². The van der Waals surface area contributed by atoms with Gasteiger partial charge in [-0.2, -0.15) is 0 Å². The van der Waals surface area contributed by atoms with E-state index in [-0.39, 0.29) is 5.91 Å². The fraction of sp³-hybridized carbons (Fsp3) is 0.333. The summed E-state index contributed by atoms with van der Waals surface area (Å²) in [6.45, 7) is 4.45. The summed E-state index contributed by atoms with van der Waals surface area (Å²) in [5.74, 6) is 0.979. The van der Waals surface area contributed by atoms with Crippen LogP contribution in [0.25, 0.3) is 22.4 Å². The van der Waals surface area contributed by atoms with Crippen molar-refractivity contribution in [1.29, 1.82) is 0 Å². The van der Waals surface area contributed by atoms with Crippen LogP contribution in [-0.2, 0) is 6.61 Å². The van der Waals surface area contributed by atoms with E-state index in [4.69, 9.17) is 10.5 Å². The van der Waals surface area contributed by atoms with Gasteiger partial charge in [-0.15, -0.1) is 5.10 Å². The molecule has 4 heterocycles. The second kappa shape index (κ2) is 11.5. The Balaban J connectivity index is 1.07. The van der Waals surface area contributed by atoms with Crippen LogP contribution in [-0.4, -0.2) is 62.5 Å². The van der Waals surface area contributed by atoms with Crippen molar-refractivity contribution in [3.05, 3.63) is 77.3 Å². The van der Waals surface area contributed by atoms with Gasteiger partial charge in [0.05, 0.1) is 0 Å². The lowest BCUT2D eigenvalue weighted by atomic mass is 10.0. The van der Waals surface area contributed by atoms with Crippen molar-refractivity contribution in [2.24, 2.45) is 0 Å². The number of piperidine rings is 1. The van der Waals surface area contributed by atoms with Crippen LogP contribution < -0.4 is 10.5 Å². The second-order valence-electron chi connectivity index (χ2n) is 10.2. The van der Waals surface area contributed by atoms with Crippen LogP contribution in [0.2, 0.25) is 0 Å². The zero-order valence-electron chi connectivity index (χ0n) is 21.8. The van der Waals surface area contributed by atoms with Crippen molar-refractivity contribution < 1.29 is 9.53 Å². The Labute approximate surface area is 232 Å². The third-order valence-electron chi connectivity index (χ3n) is 7.76. The summed E-state index contributed by atoms with van der Waals surface area (Å²) in [5.41, 5.74) is 11.6. The molecule has 0 atom stereocenters. The summed E-state index contributed by atoms with van der Waals surface area (Å²) in [5, 5.41) is 6.03. The molecule has 2 N–H and O–H groups in total. The number of nitrogens with two attached hydrogens (primary N) is 1. The van der Waals surface area contributed by atoms with Gasteiger partial charge in [-0.1, -0.05) is 40.9 Å². The molecule has 0 radical (unpaired) electrons. The van der Waals surface area contributed by atoms with E-state index in [1.54, 1.807) is 6.20 Å². The van der Waals surface area contributed by atoms with Crippen LogP contribution in [0.15, 0.2) is 66.2 Å². The lowest BCUT2D eigenvalue weighted by Gasteiger charge is -2.36. The van der Waals surface area contributed by atoms with E-state index in [2.05, 4.69) is 19.5 Å². The molecule has 0 saturated carbocycles. The normalized spacial score (nSPS) is 16.5. The topological polar surface area (TPSA) is 97.5 Å². The van der Waals surface area contributed by atoms with E-state index in [0.717, 1.165) is 59.4 Å². The standard InChI is InChI=1S/C30H32N6O2S/c31-29-28(38-19-21-3-5-23(6-4-21)27-20-39-34-33-27)17-25(18-32-29)22-7-9-24(10-8-22)30(37)36-15-11-26(12-16-36)35-13-1-2-14-35/h3-10,17-18,20,26H,1-2,11-16,19H2,(H2,31,32). The third-order valence-corrected chi connectivity index (χ3v) is 8.26. The number of likely N-dealkylation sites (tertiary alicyclic amines) is 2. The van der Waals surface area contributed by atoms with Crippen molar-refractivity contribution in [3.8, 4) is 28.1 Å². The molecule has 2 aliphatic heterocycles. The highest BCUT2D eigenvalue weighted by Gasteiger charge is 2.28. The highest BCUT2D eigenvalue weighted by atomic mass is 32.1. The van der Waals surface area contributed by atoms with Crippen molar-refractivity contribution in [2.75, 3.05) is 31.9 Å². The van der Waals surface area contributed by atoms with Crippen LogP contribution in [0.3, 0.4) is 0 Å². The molecule has 2 aliphatic rings. The summed E-state index contributed by atoms with van der Waals surface area (Å²) < 4.78 is 9.94. The van der Waals surface area contributed by atoms with Gasteiger partial charge < -0.3 is 20.3 Å². The zero-order valence-corrected chi connectivity index (χ0v) is 22.6. The van der Waals surface area contributed by atoms with Gasteiger partial charge in [-0.05, 0) is 79.6 Å². The predicted molar refractivity (Wildman–Crippen MR) is 153 cm³/mol. The molecule has 2 aromatic heterocycles. The summed E-state index contributed by atoms with van der Waals surface area (Å²) >= 11 is 1.33. The lowest BCUT2D eigenvalue weighted by Crippen LogP contribution is -2.45. The summed E-state index contributed by atoms with van der Waals surface area (Å²) in [6.07, 6.45) is 6.49. The summed E-state index contributed by atoms with van der Waals surface area (Å²) in [4.78, 5) is 22.1. The Kier molecular flexibility index (Phi) is 7.51. The molecule has 2 saturated heterocycles. The third kappa shape index (κ3) is 5.79. The van der Waals surface area contributed by atoms with Crippen LogP contribution in [0.4, 0.5) is 5.82 Å². The number of amides is 1. The van der Waals surface area contributed by atoms with Gasteiger partial charge >= 0.3 is 0 Å². The fourth-order valence-electron chi connectivity index (χ4n) is 5.48. The fourth-order valence-corrected chi connectivity index (χ4v) is 5.95. The molecule has 1 amide bonds. The number of pyridine rings is 1. The Morgan fingerprint density at radius 2 is 1.67 bits per heavy atom. The van der Waals surface area contributed by atoms with Gasteiger partial charge in [0.15, 0.2) is 11.6 Å². The van der Waals surface area contributed by atoms with Gasteiger partial charge in [0.25, 0.3) is 5.91 Å². The highest BCUT2D eigenvalue weighted by Crippen LogP contribution is 2.29. The molecule has 39 heavy (non-hydrogen) atoms. The quantitative estimate of drug-likeness (QED) is 0.347. The molecular formula is C30H32N6O2S. The minimum absolute atomic E-state index is 0.109. The first kappa shape index (κ1) is 25.5. The maximum absolute atomic E-state index is 13.1. The number of rotatable bonds is 7. The molecule has 4 aromatic rings. The molecule has 0 bridgehead atoms. The Morgan fingerprint density at radius 3 is 2.36 bits per heavy atom. The Hall–Kier alpha value is -3.82. The number of hydrogen-bond donors (Lipinski definition) is 1. The maximum atomic E-state index is 13.1. The zero-order chi connectivity index (χ0) is 26.6. The molecule has 8 nitrogen and oxygen atoms in total. The minimum atomic E-state index is 0.109. The van der Waals surface area contributed by atoms with E-state index >= 15 is 0 Å². The highest BCUT2D eigenvalue weighted by molar-refractivity contribution is 7.03. The molecule has 6 rings (SSSR count). The minimum Gasteiger partial charge on any atom is -0.485 e. The number of nitrogens with zero attached hydrogens (tertiary/aromatic N) is 5. The molecule has 0 spiro atoms. The average molecular weight is 541 g/mol. The number of aromatic nitrogens is 3. The van der Waals surface area contributed by atoms with Gasteiger partial charge in [0.1, 0.15) is 12.3 Å². The maximum Gasteiger partial charge on any atom is 0.253 e. The van der Waals surface area contributed by atoms with Gasteiger partial charge in [-0.3, -0.25) is 4.79 Å². The molecule has 0 unspecified atom stereocenters. The number of hydrogen-bond acceptors (Lipinski definition) is 8. The molecule has 9 heteroatoms. The average Bonchev–Trinajstić information content (AvgIpc) is 3.73. The van der Waals surface area contributed by atoms with Crippen molar-refractivity contribution >= 4 is 23.3 Å². The molecule has 0 aliphatic carbocycles. The van der Waals surface area contributed by atoms with Crippen molar-refractivity contribution in [2.45, 2.75) is 38.3 Å². The summed E-state index contributed by atoms with van der Waals surface area (Å²) in [6, 6.07) is 18.3. The first-order valence-corrected chi connectivity index (χ1v) is 14.4. The number of ether oxygens (including phenoxy) is 1. The van der Waals surface area contributed by atoms with Crippen molar-refractivity contribution in [1.82, 2.24) is 24.4 Å². The van der Waals surface area contributed by atoms with E-state index < -0.39 is 0 Å². The number of nitrogen functional groups attached to an aromatic ring is 1. The van der Waals surface area contributed by atoms with Crippen LogP contribution >= 0.6 is 11.5 Å². The van der Waals surface area contributed by atoms with Gasteiger partial charge in [0, 0.05) is 47.4 Å². The summed E-state index contributed by atoms with van der Waals surface area (Å²) in [7, 11) is 0. The molecule has 2 aromatic carbocycles. The van der Waals surface area contributed by atoms with E-state index in [9.17, 15) is 4.79 Å². The monoisotopic (exact) mass is 540 g/mol. The Morgan fingerprint density at radius 1 is 0.949 bits per heavy atom. The van der Waals surface area contributed by atoms with Gasteiger partial charge in [-0.25, -0.2) is 4.98 Å². The van der Waals surface area contributed by atoms with Crippen molar-refractivity contribution in [3.63, 3.8) is 0 Å². The Bertz CT molecular complexity index is 1390. The van der Waals surface area contributed by atoms with E-state index in [0.29, 0.717) is 24.2 Å². The number of anilines is 1. The molecule has 2 fully saturated rings. The van der Waals surface area contributed by atoms with E-state index in [1.165, 1.54) is 37.5 Å². The smallest absolute Gasteiger partial charge is 0.253 e. The predicted octanol–water partition coefficient (Wildman–Crippen LogP) is 5.13. The second-order valence-corrected chi connectivity index (χ2v) is 10.8. The molecule has 200 valence electrons. The van der Waals surface area contributed by atoms with Crippen LogP contribution in [0.5, 0.6) is 5.75 Å². The first-order valence-electron chi connectivity index (χ1n) is 13.5. The van der Waals surface area contributed by atoms with Crippen LogP contribution in [0, 0.1) is 0 Å². The number of carbonyl (C=O) groups is 1. The largest absolute Gasteiger partial charge is 0.485 e. The number of carbonyl (C=O) groups excluding carboxylic acids is 1. The first-order chi connectivity index (χ1) is 19.1. The molecular weight excluding hydrogens is 508 g/mol.